The second kappa shape index (κ2) is 11.9. The van der Waals surface area contributed by atoms with E-state index in [9.17, 15) is 18.9 Å². The monoisotopic (exact) mass is 329 g/mol. The van der Waals surface area contributed by atoms with E-state index in [0.717, 1.165) is 0 Å². The van der Waals surface area contributed by atoms with Crippen LogP contribution in [0, 0.1) is 0 Å². The average molecular weight is 329 g/mol. The fourth-order valence-electron chi connectivity index (χ4n) is 0.576. The van der Waals surface area contributed by atoms with Crippen molar-refractivity contribution in [3.05, 3.63) is 0 Å². The van der Waals surface area contributed by atoms with E-state index in [1.165, 1.54) is 0 Å². The van der Waals surface area contributed by atoms with Gasteiger partial charge >= 0.3 is 17.1 Å². The maximum Gasteiger partial charge on any atom is 2.00 e. The van der Waals surface area contributed by atoms with Gasteiger partial charge in [-0.3, -0.25) is 0 Å². The fourth-order valence-corrected chi connectivity index (χ4v) is 1.73. The molecule has 0 aromatic rings. The summed E-state index contributed by atoms with van der Waals surface area (Å²) in [6.45, 7) is 6.91. The first kappa shape index (κ1) is 23.0. The largest absolute Gasteiger partial charge is 2.00 e. The van der Waals surface area contributed by atoms with Crippen molar-refractivity contribution < 1.29 is 45.0 Å². The molecule has 0 aromatic carbocycles. The normalized spacial score (nSPS) is 16.8. The van der Waals surface area contributed by atoms with Gasteiger partial charge in [-0.25, -0.2) is 0 Å². The predicted octanol–water partition coefficient (Wildman–Crippen LogP) is 1.19. The van der Waals surface area contributed by atoms with Crippen LogP contribution in [0.3, 0.4) is 0 Å². The maximum absolute atomic E-state index is 10.4. The summed E-state index contributed by atoms with van der Waals surface area (Å²) in [5.41, 5.74) is 0. The molecule has 0 heterocycles. The Hall–Kier alpha value is 0.819. The minimum absolute atomic E-state index is 0. The second-order valence-electron chi connectivity index (χ2n) is 2.69. The molecule has 6 nitrogen and oxygen atoms in total. The SMILES string of the molecule is CCOP(=O)([O-])CC.CCOP(=O)([O-])CC.[Mn+2]. The molecule has 0 aliphatic heterocycles. The zero-order chi connectivity index (χ0) is 13.2. The Balaban J connectivity index is -0.000000218. The van der Waals surface area contributed by atoms with Crippen LogP contribution in [0.15, 0.2) is 0 Å². The Morgan fingerprint density at radius 3 is 1.12 bits per heavy atom. The van der Waals surface area contributed by atoms with E-state index in [-0.39, 0.29) is 42.6 Å². The van der Waals surface area contributed by atoms with Gasteiger partial charge in [0.15, 0.2) is 0 Å². The van der Waals surface area contributed by atoms with Crippen LogP contribution in [0.5, 0.6) is 0 Å². The molecule has 0 amide bonds. The molecule has 0 saturated heterocycles. The average Bonchev–Trinajstić information content (AvgIpc) is 2.19. The van der Waals surface area contributed by atoms with Crippen molar-refractivity contribution in [3.8, 4) is 0 Å². The van der Waals surface area contributed by atoms with Gasteiger partial charge in [-0.05, 0) is 13.8 Å². The molecule has 0 N–H and O–H groups in total. The van der Waals surface area contributed by atoms with E-state index in [4.69, 9.17) is 0 Å². The van der Waals surface area contributed by atoms with Crippen molar-refractivity contribution in [2.75, 3.05) is 25.5 Å². The maximum atomic E-state index is 10.4. The van der Waals surface area contributed by atoms with Crippen LogP contribution in [-0.2, 0) is 35.2 Å². The molecule has 0 aliphatic rings. The van der Waals surface area contributed by atoms with Crippen molar-refractivity contribution in [1.82, 2.24) is 0 Å². The van der Waals surface area contributed by atoms with E-state index in [2.05, 4.69) is 9.05 Å². The first-order valence-electron chi connectivity index (χ1n) is 5.13. The van der Waals surface area contributed by atoms with Crippen molar-refractivity contribution >= 4 is 15.2 Å². The van der Waals surface area contributed by atoms with Gasteiger partial charge in [0.1, 0.15) is 15.2 Å². The summed E-state index contributed by atoms with van der Waals surface area (Å²) in [6, 6.07) is 0. The van der Waals surface area contributed by atoms with Crippen LogP contribution >= 0.6 is 15.2 Å². The fraction of sp³-hybridized carbons (Fsp3) is 1.00. The van der Waals surface area contributed by atoms with Crippen molar-refractivity contribution in [2.24, 2.45) is 0 Å². The van der Waals surface area contributed by atoms with Gasteiger partial charge in [0.2, 0.25) is 0 Å². The molecule has 2 atom stereocenters. The summed E-state index contributed by atoms with van der Waals surface area (Å²) < 4.78 is 29.6. The van der Waals surface area contributed by atoms with Gasteiger partial charge in [-0.2, -0.15) is 0 Å². The molecule has 0 bridgehead atoms. The van der Waals surface area contributed by atoms with Crippen LogP contribution in [0.2, 0.25) is 0 Å². The van der Waals surface area contributed by atoms with E-state index in [0.29, 0.717) is 0 Å². The quantitative estimate of drug-likeness (QED) is 0.536. The van der Waals surface area contributed by atoms with Gasteiger partial charge in [-0.15, -0.1) is 0 Å². The van der Waals surface area contributed by atoms with Gasteiger partial charge in [0.05, 0.1) is 13.2 Å². The topological polar surface area (TPSA) is 98.7 Å². The Morgan fingerprint density at radius 2 is 1.06 bits per heavy atom. The minimum atomic E-state index is -3.42. The van der Waals surface area contributed by atoms with Gasteiger partial charge < -0.3 is 28.0 Å². The third-order valence-corrected chi connectivity index (χ3v) is 4.28. The molecular weight excluding hydrogens is 309 g/mol. The second-order valence-corrected chi connectivity index (χ2v) is 6.91. The van der Waals surface area contributed by atoms with Crippen molar-refractivity contribution in [1.29, 1.82) is 0 Å². The van der Waals surface area contributed by atoms with Crippen LogP contribution in [0.25, 0.3) is 0 Å². The standard InChI is InChI=1S/2C4H11O3P.Mn/c2*1-3-7-8(5,6)4-2;/h2*3-4H2,1-2H3,(H,5,6);/q;;+2/p-2. The molecule has 17 heavy (non-hydrogen) atoms. The summed E-state index contributed by atoms with van der Waals surface area (Å²) in [6.07, 6.45) is 0.168. The molecule has 105 valence electrons. The third-order valence-electron chi connectivity index (χ3n) is 1.43. The van der Waals surface area contributed by atoms with Gasteiger partial charge in [-0.1, -0.05) is 13.8 Å². The molecule has 0 spiro atoms. The Labute approximate surface area is 114 Å². The predicted molar refractivity (Wildman–Crippen MR) is 59.5 cm³/mol. The summed E-state index contributed by atoms with van der Waals surface area (Å²) in [5, 5.41) is 0. The Bertz CT molecular complexity index is 234. The van der Waals surface area contributed by atoms with E-state index < -0.39 is 15.2 Å². The molecule has 1 radical (unpaired) electrons. The van der Waals surface area contributed by atoms with Crippen LogP contribution < -0.4 is 9.79 Å². The van der Waals surface area contributed by atoms with E-state index in [1.807, 2.05) is 0 Å². The molecule has 9 heteroatoms. The number of hydrogen-bond acceptors (Lipinski definition) is 6. The smallest absolute Gasteiger partial charge is 0.779 e. The third kappa shape index (κ3) is 16.8. The van der Waals surface area contributed by atoms with E-state index >= 15 is 0 Å². The van der Waals surface area contributed by atoms with Gasteiger partial charge in [0.25, 0.3) is 0 Å². The summed E-state index contributed by atoms with van der Waals surface area (Å²) in [7, 11) is -6.85. The van der Waals surface area contributed by atoms with Crippen LogP contribution in [-0.4, -0.2) is 25.5 Å². The molecule has 2 unspecified atom stereocenters. The molecule has 0 rings (SSSR count). The molecular formula is C8H20MnO6P2. The molecule has 0 aromatic heterocycles. The van der Waals surface area contributed by atoms with Crippen molar-refractivity contribution in [3.63, 3.8) is 0 Å². The number of hydrogen-bond donors (Lipinski definition) is 0. The van der Waals surface area contributed by atoms with Crippen LogP contribution in [0.4, 0.5) is 0 Å². The van der Waals surface area contributed by atoms with Crippen molar-refractivity contribution in [2.45, 2.75) is 27.7 Å². The van der Waals surface area contributed by atoms with Crippen LogP contribution in [0.1, 0.15) is 27.7 Å². The zero-order valence-corrected chi connectivity index (χ0v) is 13.5. The molecule has 0 saturated carbocycles. The zero-order valence-electron chi connectivity index (χ0n) is 10.6. The molecule has 0 fully saturated rings. The Morgan fingerprint density at radius 1 is 0.824 bits per heavy atom. The minimum Gasteiger partial charge on any atom is -0.779 e. The summed E-state index contributed by atoms with van der Waals surface area (Å²) in [4.78, 5) is 20.8. The molecule has 0 aliphatic carbocycles. The number of rotatable bonds is 6. The summed E-state index contributed by atoms with van der Waals surface area (Å²) >= 11 is 0. The van der Waals surface area contributed by atoms with E-state index in [1.54, 1.807) is 27.7 Å². The Kier molecular flexibility index (Phi) is 16.0. The first-order chi connectivity index (χ1) is 7.24. The van der Waals surface area contributed by atoms with Gasteiger partial charge in [0, 0.05) is 12.3 Å². The summed E-state index contributed by atoms with van der Waals surface area (Å²) in [5.74, 6) is 0. The first-order valence-corrected chi connectivity index (χ1v) is 8.59.